The van der Waals surface area contributed by atoms with Crippen LogP contribution >= 0.6 is 0 Å². The molecule has 8 nitrogen and oxygen atoms in total. The van der Waals surface area contributed by atoms with Gasteiger partial charge in [0.05, 0.1) is 28.2 Å². The molecule has 0 atom stereocenters. The van der Waals surface area contributed by atoms with E-state index in [9.17, 15) is 13.2 Å². The van der Waals surface area contributed by atoms with Crippen molar-refractivity contribution in [2.45, 2.75) is 23.8 Å². The van der Waals surface area contributed by atoms with Crippen LogP contribution in [0.25, 0.3) is 16.9 Å². The maximum atomic E-state index is 12.7. The molecule has 1 heterocycles. The summed E-state index contributed by atoms with van der Waals surface area (Å²) in [5, 5.41) is 4.42. The molecule has 34 heavy (non-hydrogen) atoms. The molecule has 0 bridgehead atoms. The van der Waals surface area contributed by atoms with Crippen LogP contribution in [0, 0.1) is 0 Å². The molecular formula is C25H23N5O3S. The van der Waals surface area contributed by atoms with Gasteiger partial charge < -0.3 is 0 Å². The first-order valence-corrected chi connectivity index (χ1v) is 12.4. The first kappa shape index (κ1) is 21.9. The van der Waals surface area contributed by atoms with Crippen LogP contribution in [0.15, 0.2) is 96.0 Å². The highest BCUT2D eigenvalue weighted by molar-refractivity contribution is 7.89. The van der Waals surface area contributed by atoms with E-state index < -0.39 is 10.0 Å². The van der Waals surface area contributed by atoms with E-state index in [-0.39, 0.29) is 16.8 Å². The Morgan fingerprint density at radius 1 is 0.912 bits per heavy atom. The van der Waals surface area contributed by atoms with E-state index in [4.69, 9.17) is 0 Å². The normalized spacial score (nSPS) is 13.4. The van der Waals surface area contributed by atoms with Gasteiger partial charge in [-0.25, -0.2) is 17.8 Å². The number of hydrazine groups is 1. The lowest BCUT2D eigenvalue weighted by molar-refractivity contribution is 0.0962. The van der Waals surface area contributed by atoms with Gasteiger partial charge in [0.1, 0.15) is 0 Å². The van der Waals surface area contributed by atoms with Crippen LogP contribution in [0.2, 0.25) is 0 Å². The maximum absolute atomic E-state index is 12.7. The predicted octanol–water partition coefficient (Wildman–Crippen LogP) is 3.74. The number of aromatic nitrogens is 2. The number of nitrogens with zero attached hydrogens (tertiary/aromatic N) is 2. The van der Waals surface area contributed by atoms with Crippen molar-refractivity contribution in [1.82, 2.24) is 19.9 Å². The SMILES string of the molecule is O=C(NNc1ccc(S(=O)(=O)NC2CC2)cc1)c1cccc(-n2nccc2-c2ccccc2)c1. The molecule has 1 amide bonds. The van der Waals surface area contributed by atoms with E-state index in [1.165, 1.54) is 12.1 Å². The third-order valence-electron chi connectivity index (χ3n) is 5.45. The molecule has 1 aromatic heterocycles. The highest BCUT2D eigenvalue weighted by Gasteiger charge is 2.27. The van der Waals surface area contributed by atoms with E-state index in [1.54, 1.807) is 41.2 Å². The highest BCUT2D eigenvalue weighted by atomic mass is 32.2. The predicted molar refractivity (Wildman–Crippen MR) is 130 cm³/mol. The van der Waals surface area contributed by atoms with Crippen molar-refractivity contribution in [3.63, 3.8) is 0 Å². The largest absolute Gasteiger partial charge is 0.298 e. The van der Waals surface area contributed by atoms with Crippen LogP contribution in [-0.4, -0.2) is 30.1 Å². The molecule has 1 saturated carbocycles. The smallest absolute Gasteiger partial charge is 0.269 e. The zero-order chi connectivity index (χ0) is 23.5. The lowest BCUT2D eigenvalue weighted by Crippen LogP contribution is -2.29. The number of hydrogen-bond acceptors (Lipinski definition) is 5. The molecule has 3 N–H and O–H groups in total. The highest BCUT2D eigenvalue weighted by Crippen LogP contribution is 2.24. The van der Waals surface area contributed by atoms with E-state index in [2.05, 4.69) is 20.7 Å². The minimum atomic E-state index is -3.51. The zero-order valence-corrected chi connectivity index (χ0v) is 19.0. The summed E-state index contributed by atoms with van der Waals surface area (Å²) in [6.07, 6.45) is 3.47. The van der Waals surface area contributed by atoms with Crippen molar-refractivity contribution in [3.05, 3.63) is 96.7 Å². The lowest BCUT2D eigenvalue weighted by Gasteiger charge is -2.12. The fraction of sp³-hybridized carbons (Fsp3) is 0.120. The van der Waals surface area contributed by atoms with Crippen molar-refractivity contribution in [3.8, 4) is 16.9 Å². The quantitative estimate of drug-likeness (QED) is 0.338. The molecule has 4 aromatic rings. The maximum Gasteiger partial charge on any atom is 0.269 e. The number of amides is 1. The van der Waals surface area contributed by atoms with Crippen LogP contribution in [0.5, 0.6) is 0 Å². The van der Waals surface area contributed by atoms with Crippen LogP contribution < -0.4 is 15.6 Å². The average Bonchev–Trinajstić information content (AvgIpc) is 3.53. The number of anilines is 1. The molecule has 9 heteroatoms. The minimum Gasteiger partial charge on any atom is -0.298 e. The van der Waals surface area contributed by atoms with Crippen molar-refractivity contribution in [1.29, 1.82) is 0 Å². The van der Waals surface area contributed by atoms with Gasteiger partial charge in [0, 0.05) is 17.2 Å². The number of sulfonamides is 1. The second-order valence-corrected chi connectivity index (χ2v) is 9.76. The molecule has 1 aliphatic rings. The Morgan fingerprint density at radius 2 is 1.68 bits per heavy atom. The summed E-state index contributed by atoms with van der Waals surface area (Å²) in [6, 6.07) is 25.2. The number of carbonyl (C=O) groups is 1. The molecule has 0 radical (unpaired) electrons. The van der Waals surface area contributed by atoms with Crippen molar-refractivity contribution < 1.29 is 13.2 Å². The van der Waals surface area contributed by atoms with E-state index in [0.29, 0.717) is 11.3 Å². The molecule has 0 aliphatic heterocycles. The van der Waals surface area contributed by atoms with Crippen LogP contribution in [0.1, 0.15) is 23.2 Å². The molecule has 1 aliphatic carbocycles. The topological polar surface area (TPSA) is 105 Å². The summed E-state index contributed by atoms with van der Waals surface area (Å²) in [6.45, 7) is 0. The summed E-state index contributed by atoms with van der Waals surface area (Å²) in [5.41, 5.74) is 9.19. The summed E-state index contributed by atoms with van der Waals surface area (Å²) in [7, 11) is -3.51. The fourth-order valence-electron chi connectivity index (χ4n) is 3.52. The summed E-state index contributed by atoms with van der Waals surface area (Å²) >= 11 is 0. The van der Waals surface area contributed by atoms with E-state index in [0.717, 1.165) is 29.8 Å². The monoisotopic (exact) mass is 473 g/mol. The van der Waals surface area contributed by atoms with Crippen molar-refractivity contribution in [2.24, 2.45) is 0 Å². The van der Waals surface area contributed by atoms with Gasteiger partial charge in [0.15, 0.2) is 0 Å². The standard InChI is InChI=1S/C25H23N5O3S/c31-25(28-27-20-11-13-23(14-12-20)34(32,33)29-21-9-10-21)19-7-4-8-22(17-19)30-24(15-16-26-30)18-5-2-1-3-6-18/h1-8,11-17,21,27,29H,9-10H2,(H,28,31). The molecule has 1 fully saturated rings. The molecule has 3 aromatic carbocycles. The van der Waals surface area contributed by atoms with Gasteiger partial charge in [0.2, 0.25) is 10.0 Å². The second kappa shape index (κ2) is 9.12. The third kappa shape index (κ3) is 4.85. The van der Waals surface area contributed by atoms with Crippen LogP contribution in [-0.2, 0) is 10.0 Å². The van der Waals surface area contributed by atoms with E-state index >= 15 is 0 Å². The van der Waals surface area contributed by atoms with Gasteiger partial charge in [-0.05, 0) is 61.4 Å². The Kier molecular flexibility index (Phi) is 5.87. The third-order valence-corrected chi connectivity index (χ3v) is 6.99. The van der Waals surface area contributed by atoms with Gasteiger partial charge >= 0.3 is 0 Å². The zero-order valence-electron chi connectivity index (χ0n) is 18.2. The number of rotatable bonds is 8. The van der Waals surface area contributed by atoms with Crippen molar-refractivity contribution >= 4 is 21.6 Å². The summed E-state index contributed by atoms with van der Waals surface area (Å²) in [4.78, 5) is 12.9. The van der Waals surface area contributed by atoms with Gasteiger partial charge in [-0.1, -0.05) is 36.4 Å². The van der Waals surface area contributed by atoms with Crippen molar-refractivity contribution in [2.75, 3.05) is 5.43 Å². The lowest BCUT2D eigenvalue weighted by atomic mass is 10.1. The van der Waals surface area contributed by atoms with E-state index in [1.807, 2.05) is 42.5 Å². The average molecular weight is 474 g/mol. The molecule has 0 spiro atoms. The Balaban J connectivity index is 1.27. The second-order valence-electron chi connectivity index (χ2n) is 8.04. The minimum absolute atomic E-state index is 0.0448. The Hall–Kier alpha value is -3.95. The molecule has 0 saturated heterocycles. The number of hydrogen-bond donors (Lipinski definition) is 3. The Morgan fingerprint density at radius 3 is 2.41 bits per heavy atom. The fourth-order valence-corrected chi connectivity index (χ4v) is 4.83. The number of nitrogens with one attached hydrogen (secondary N) is 3. The van der Waals surface area contributed by atoms with Gasteiger partial charge in [-0.15, -0.1) is 0 Å². The molecule has 5 rings (SSSR count). The summed E-state index contributed by atoms with van der Waals surface area (Å²) in [5.74, 6) is -0.331. The molecule has 172 valence electrons. The van der Waals surface area contributed by atoms with Crippen LogP contribution in [0.3, 0.4) is 0 Å². The summed E-state index contributed by atoms with van der Waals surface area (Å²) < 4.78 is 29.0. The first-order valence-electron chi connectivity index (χ1n) is 10.9. The number of carbonyl (C=O) groups excluding carboxylic acids is 1. The molecule has 0 unspecified atom stereocenters. The van der Waals surface area contributed by atoms with Gasteiger partial charge in [-0.2, -0.15) is 5.10 Å². The van der Waals surface area contributed by atoms with Crippen LogP contribution in [0.4, 0.5) is 5.69 Å². The number of benzene rings is 3. The first-order chi connectivity index (χ1) is 16.5. The molecular weight excluding hydrogens is 450 g/mol. The Labute approximate surface area is 197 Å². The van der Waals surface area contributed by atoms with Gasteiger partial charge in [0.25, 0.3) is 5.91 Å². The van der Waals surface area contributed by atoms with Gasteiger partial charge in [-0.3, -0.25) is 15.6 Å². The Bertz CT molecular complexity index is 1410.